The van der Waals surface area contributed by atoms with Gasteiger partial charge in [0, 0.05) is 23.1 Å². The van der Waals surface area contributed by atoms with Gasteiger partial charge in [0.1, 0.15) is 5.57 Å². The molecule has 3 rings (SSSR count). The molecule has 0 unspecified atom stereocenters. The number of aryl methyl sites for hydroxylation is 2. The first-order chi connectivity index (χ1) is 47.0. The van der Waals surface area contributed by atoms with Gasteiger partial charge >= 0.3 is 16.5 Å². The van der Waals surface area contributed by atoms with Crippen LogP contribution in [0, 0.1) is 25.7 Å². The second-order valence-electron chi connectivity index (χ2n) is 29.7. The van der Waals surface area contributed by atoms with E-state index in [1.54, 1.807) is 0 Å². The molecule has 1 aliphatic heterocycles. The van der Waals surface area contributed by atoms with Crippen LogP contribution in [0.15, 0.2) is 59.7 Å². The second-order valence-corrected chi connectivity index (χ2v) is 29.7. The van der Waals surface area contributed by atoms with E-state index in [1.165, 1.54) is 400 Å². The minimum Gasteiger partial charge on any atom is -0.493 e. The standard InChI is InChI=1S/C63H102N2.2C15H31.Ni/c1-5-9-13-15-17-18-19-20-21-22-23-24-25-26-27-28-29-30-31-32-33-34-35-36-37-39-43-53-61-60(52-42-38-16-14-10-6-2)62(58-50-44-48-56(54-58)46-40-11-7-3)65(64)63(61)59-51-45-49-57(55-59)47-41-12-8-4;2*1-3-5-7-9-11-13-15-14-12-10-8-6-4-2;/h44-45,48-51,54-55H,5-42,46-47,52H2,1-4H3;2*1,3-15H2,2H3;/q;2*-1;+2. The summed E-state index contributed by atoms with van der Waals surface area (Å²) in [5.41, 5.74) is 21.4. The van der Waals surface area contributed by atoms with Gasteiger partial charge in [0.05, 0.1) is 0 Å². The Labute approximate surface area is 613 Å². The Morgan fingerprint density at radius 3 is 0.823 bits per heavy atom. The predicted molar refractivity (Wildman–Crippen MR) is 430 cm³/mol. The van der Waals surface area contributed by atoms with Crippen LogP contribution in [-0.2, 0) is 29.3 Å². The van der Waals surface area contributed by atoms with E-state index in [0.717, 1.165) is 79.5 Å². The Morgan fingerprint density at radius 2 is 0.531 bits per heavy atom. The Hall–Kier alpha value is -2.43. The predicted octanol–water partition coefficient (Wildman–Crippen LogP) is 33.1. The monoisotopic (exact) mass is 1370 g/mol. The zero-order valence-electron chi connectivity index (χ0n) is 65.6. The van der Waals surface area contributed by atoms with E-state index in [-0.39, 0.29) is 16.5 Å². The summed E-state index contributed by atoms with van der Waals surface area (Å²) in [6.07, 6.45) is 91.1. The van der Waals surface area contributed by atoms with Crippen LogP contribution in [0.1, 0.15) is 481 Å². The van der Waals surface area contributed by atoms with Crippen LogP contribution in [0.5, 0.6) is 0 Å². The van der Waals surface area contributed by atoms with Gasteiger partial charge in [-0.15, -0.1) is 0 Å². The fourth-order valence-electron chi connectivity index (χ4n) is 14.1. The van der Waals surface area contributed by atoms with Gasteiger partial charge in [-0.05, 0) is 80.3 Å². The maximum Gasteiger partial charge on any atom is 2.00 e. The van der Waals surface area contributed by atoms with Gasteiger partial charge in [0.15, 0.2) is 0 Å². The third-order valence-corrected chi connectivity index (χ3v) is 20.4. The van der Waals surface area contributed by atoms with Crippen molar-refractivity contribution in [1.29, 1.82) is 0 Å². The molecule has 0 aliphatic carbocycles. The van der Waals surface area contributed by atoms with Crippen molar-refractivity contribution in [3.63, 3.8) is 0 Å². The molecule has 0 fully saturated rings. The second kappa shape index (κ2) is 75.2. The first kappa shape index (κ1) is 93.6. The maximum absolute atomic E-state index is 12.3. The Balaban J connectivity index is 0.00000238. The molecule has 0 atom stereocenters. The minimum atomic E-state index is 0. The molecule has 556 valence electrons. The number of rotatable bonds is 66. The van der Waals surface area contributed by atoms with Crippen molar-refractivity contribution < 1.29 is 21.2 Å². The average Bonchev–Trinajstić information content (AvgIpc) is 1.61. The summed E-state index contributed by atoms with van der Waals surface area (Å²) < 4.78 is 1.54. The first-order valence-electron chi connectivity index (χ1n) is 43.2. The molecule has 0 aromatic heterocycles. The summed E-state index contributed by atoms with van der Waals surface area (Å²) in [6.45, 7) is 21.5. The van der Waals surface area contributed by atoms with Crippen molar-refractivity contribution in [3.05, 3.63) is 101 Å². The van der Waals surface area contributed by atoms with Crippen LogP contribution in [0.25, 0.3) is 16.9 Å². The topological polar surface area (TPSA) is 25.3 Å². The van der Waals surface area contributed by atoms with E-state index in [9.17, 15) is 5.53 Å². The number of nitrogens with zero attached hydrogens (tertiary/aromatic N) is 2. The largest absolute Gasteiger partial charge is 2.00 e. The summed E-state index contributed by atoms with van der Waals surface area (Å²) in [5, 5.41) is 0. The molecular weight excluding hydrogens is 1200 g/mol. The molecule has 0 amide bonds. The molecule has 1 heterocycles. The number of allylic oxidation sites excluding steroid dienone is 2. The van der Waals surface area contributed by atoms with Crippen LogP contribution in [0.3, 0.4) is 0 Å². The van der Waals surface area contributed by atoms with Gasteiger partial charge in [0.2, 0.25) is 11.4 Å². The summed E-state index contributed by atoms with van der Waals surface area (Å²) in [4.78, 5) is 0. The summed E-state index contributed by atoms with van der Waals surface area (Å²) in [6, 6.07) is 18.0. The molecular formula is C93H164N2Ni. The SMILES string of the molecule is CCCCCCCCCCCCCCCCCCCCCCCCCCCC#CC1=C(c2cccc(CCCCC)c2)[N+](=[N-])C(c2cccc(CCCCC)c2)=C1CCCCCCCC.[CH2-]CCCCCCCCCCCCCC.[CH2-]CCCCCCCCCCCCCC.[Ni+2]. The summed E-state index contributed by atoms with van der Waals surface area (Å²) in [7, 11) is 0. The third kappa shape index (κ3) is 55.3. The van der Waals surface area contributed by atoms with Crippen molar-refractivity contribution in [1.82, 2.24) is 0 Å². The molecule has 0 bridgehead atoms. The number of unbranched alkanes of at least 4 members (excludes halogenated alkanes) is 58. The van der Waals surface area contributed by atoms with Crippen LogP contribution >= 0.6 is 0 Å². The molecule has 2 aromatic rings. The Bertz CT molecular complexity index is 2030. The summed E-state index contributed by atoms with van der Waals surface area (Å²) in [5.74, 6) is 7.39. The molecule has 0 spiro atoms. The van der Waals surface area contributed by atoms with E-state index in [4.69, 9.17) is 0 Å². The smallest absolute Gasteiger partial charge is 0.493 e. The van der Waals surface area contributed by atoms with Crippen LogP contribution in [0.2, 0.25) is 0 Å². The molecule has 2 nitrogen and oxygen atoms in total. The van der Waals surface area contributed by atoms with E-state index in [0.29, 0.717) is 0 Å². The Morgan fingerprint density at radius 1 is 0.292 bits per heavy atom. The fraction of sp³-hybridized carbons (Fsp3) is 0.785. The van der Waals surface area contributed by atoms with Gasteiger partial charge in [-0.2, -0.15) is 12.8 Å². The third-order valence-electron chi connectivity index (χ3n) is 20.4. The normalized spacial score (nSPS) is 12.0. The van der Waals surface area contributed by atoms with Gasteiger partial charge in [-0.25, -0.2) is 4.70 Å². The maximum atomic E-state index is 12.3. The summed E-state index contributed by atoms with van der Waals surface area (Å²) >= 11 is 0. The van der Waals surface area contributed by atoms with Crippen molar-refractivity contribution in [2.24, 2.45) is 0 Å². The zero-order chi connectivity index (χ0) is 68.6. The average molecular weight is 1370 g/mol. The van der Waals surface area contributed by atoms with E-state index < -0.39 is 0 Å². The van der Waals surface area contributed by atoms with Gasteiger partial charge in [0.25, 0.3) is 0 Å². The van der Waals surface area contributed by atoms with E-state index in [1.807, 2.05) is 0 Å². The van der Waals surface area contributed by atoms with Gasteiger partial charge in [-0.3, -0.25) is 0 Å². The van der Waals surface area contributed by atoms with Crippen molar-refractivity contribution in [2.75, 3.05) is 0 Å². The Kier molecular flexibility index (Phi) is 73.3. The molecule has 0 radical (unpaired) electrons. The van der Waals surface area contributed by atoms with Crippen molar-refractivity contribution >= 4 is 11.4 Å². The molecule has 0 N–H and O–H groups in total. The molecule has 0 saturated heterocycles. The van der Waals surface area contributed by atoms with Gasteiger partial charge < -0.3 is 19.4 Å². The van der Waals surface area contributed by atoms with Crippen molar-refractivity contribution in [2.45, 2.75) is 472 Å². The molecule has 2 aromatic carbocycles. The first-order valence-corrected chi connectivity index (χ1v) is 43.2. The van der Waals surface area contributed by atoms with Crippen LogP contribution in [-0.4, -0.2) is 4.70 Å². The molecule has 3 heteroatoms. The van der Waals surface area contributed by atoms with Gasteiger partial charge in [-0.1, -0.05) is 444 Å². The molecule has 96 heavy (non-hydrogen) atoms. The van der Waals surface area contributed by atoms with E-state index in [2.05, 4.69) is 116 Å². The number of hydrogen-bond acceptors (Lipinski definition) is 0. The van der Waals surface area contributed by atoms with E-state index >= 15 is 0 Å². The van der Waals surface area contributed by atoms with Crippen LogP contribution < -0.4 is 0 Å². The molecule has 1 aliphatic rings. The molecule has 0 saturated carbocycles. The van der Waals surface area contributed by atoms with Crippen molar-refractivity contribution in [3.8, 4) is 11.8 Å². The number of hydrogen-bond donors (Lipinski definition) is 0. The zero-order valence-corrected chi connectivity index (χ0v) is 66.6. The van der Waals surface area contributed by atoms with Crippen LogP contribution in [0.4, 0.5) is 0 Å². The fourth-order valence-corrected chi connectivity index (χ4v) is 14.1. The number of benzene rings is 2. The quantitative estimate of drug-likeness (QED) is 0.0207. The minimum absolute atomic E-state index is 0.